The summed E-state index contributed by atoms with van der Waals surface area (Å²) in [7, 11) is 1.24. The van der Waals surface area contributed by atoms with Gasteiger partial charge in [0.05, 0.1) is 17.6 Å². The van der Waals surface area contributed by atoms with E-state index in [4.69, 9.17) is 5.11 Å². The maximum absolute atomic E-state index is 14.1. The van der Waals surface area contributed by atoms with Crippen molar-refractivity contribution in [2.45, 2.75) is 0 Å². The van der Waals surface area contributed by atoms with Crippen molar-refractivity contribution in [3.8, 4) is 6.07 Å². The highest BCUT2D eigenvalue weighted by molar-refractivity contribution is 5.86. The molecule has 0 saturated carbocycles. The Hall–Kier alpha value is -4.72. The summed E-state index contributed by atoms with van der Waals surface area (Å²) in [5.74, 6) is 0.198. The maximum Gasteiger partial charge on any atom is 0.411 e. The first kappa shape index (κ1) is 19.6. The number of nitrogens with one attached hydrogen (secondary N) is 2. The minimum absolute atomic E-state index is 0.120. The van der Waals surface area contributed by atoms with Gasteiger partial charge in [0.2, 0.25) is 0 Å². The van der Waals surface area contributed by atoms with Crippen LogP contribution in [0.15, 0.2) is 54.9 Å². The van der Waals surface area contributed by atoms with Gasteiger partial charge in [0.25, 0.3) is 0 Å². The second kappa shape index (κ2) is 7.96. The molecule has 11 heteroatoms. The summed E-state index contributed by atoms with van der Waals surface area (Å²) in [4.78, 5) is 20.4. The Morgan fingerprint density at radius 1 is 1.19 bits per heavy atom. The molecule has 0 fully saturated rings. The number of nitriles is 1. The molecule has 31 heavy (non-hydrogen) atoms. The van der Waals surface area contributed by atoms with Gasteiger partial charge in [0.15, 0.2) is 17.2 Å². The minimum Gasteiger partial charge on any atom is -0.465 e. The van der Waals surface area contributed by atoms with Crippen molar-refractivity contribution in [3.05, 3.63) is 66.4 Å². The van der Waals surface area contributed by atoms with E-state index >= 15 is 0 Å². The number of imidazole rings is 1. The predicted octanol–water partition coefficient (Wildman–Crippen LogP) is 3.74. The van der Waals surface area contributed by atoms with Crippen LogP contribution in [0.3, 0.4) is 0 Å². The monoisotopic (exact) mass is 418 g/mol. The highest BCUT2D eigenvalue weighted by atomic mass is 19.1. The van der Waals surface area contributed by atoms with Gasteiger partial charge < -0.3 is 15.7 Å². The summed E-state index contributed by atoms with van der Waals surface area (Å²) in [5, 5.41) is 29.0. The van der Waals surface area contributed by atoms with E-state index < -0.39 is 11.9 Å². The lowest BCUT2D eigenvalue weighted by molar-refractivity contribution is 0.203. The number of rotatable bonds is 5. The number of anilines is 5. The van der Waals surface area contributed by atoms with Gasteiger partial charge >= 0.3 is 6.09 Å². The number of fused-ring (bicyclic) bond motifs is 1. The Morgan fingerprint density at radius 3 is 2.74 bits per heavy atom. The predicted molar refractivity (Wildman–Crippen MR) is 111 cm³/mol. The Bertz CT molecular complexity index is 1320. The van der Waals surface area contributed by atoms with Crippen LogP contribution in [-0.4, -0.2) is 37.8 Å². The van der Waals surface area contributed by atoms with Crippen LogP contribution >= 0.6 is 0 Å². The highest BCUT2D eigenvalue weighted by Gasteiger charge is 2.16. The van der Waals surface area contributed by atoms with Gasteiger partial charge in [-0.3, -0.25) is 4.90 Å². The zero-order chi connectivity index (χ0) is 22.0. The molecule has 3 heterocycles. The molecule has 3 N–H and O–H groups in total. The first-order valence-electron chi connectivity index (χ1n) is 8.96. The second-order valence-corrected chi connectivity index (χ2v) is 6.41. The summed E-state index contributed by atoms with van der Waals surface area (Å²) in [6, 6.07) is 13.0. The van der Waals surface area contributed by atoms with Crippen molar-refractivity contribution in [1.82, 2.24) is 19.6 Å². The molecule has 0 atom stereocenters. The molecule has 0 spiro atoms. The Balaban J connectivity index is 1.75. The molecule has 1 amide bonds. The molecule has 0 aliphatic carbocycles. The van der Waals surface area contributed by atoms with Gasteiger partial charge in [-0.2, -0.15) is 9.78 Å². The van der Waals surface area contributed by atoms with Crippen molar-refractivity contribution < 1.29 is 14.3 Å². The third-order valence-corrected chi connectivity index (χ3v) is 4.38. The Morgan fingerprint density at radius 2 is 2.03 bits per heavy atom. The van der Waals surface area contributed by atoms with Crippen molar-refractivity contribution in [3.63, 3.8) is 0 Å². The first-order chi connectivity index (χ1) is 15.0. The molecule has 3 aromatic heterocycles. The van der Waals surface area contributed by atoms with Gasteiger partial charge in [-0.05, 0) is 30.3 Å². The van der Waals surface area contributed by atoms with Crippen LogP contribution in [0.4, 0.5) is 37.9 Å². The smallest absolute Gasteiger partial charge is 0.411 e. The first-order valence-corrected chi connectivity index (χ1v) is 8.96. The topological polar surface area (TPSA) is 131 Å². The Labute approximate surface area is 175 Å². The van der Waals surface area contributed by atoms with Crippen LogP contribution in [0.2, 0.25) is 0 Å². The number of hydrogen-bond donors (Lipinski definition) is 3. The summed E-state index contributed by atoms with van der Waals surface area (Å²) < 4.78 is 15.4. The summed E-state index contributed by atoms with van der Waals surface area (Å²) in [6.07, 6.45) is 1.73. The lowest BCUT2D eigenvalue weighted by Gasteiger charge is -2.16. The number of halogens is 1. The third-order valence-electron chi connectivity index (χ3n) is 4.38. The van der Waals surface area contributed by atoms with Crippen LogP contribution in [0.5, 0.6) is 0 Å². The minimum atomic E-state index is -1.30. The number of nitrogens with zero attached hydrogens (tertiary/aromatic N) is 6. The van der Waals surface area contributed by atoms with Gasteiger partial charge in [-0.1, -0.05) is 6.07 Å². The molecule has 0 aliphatic rings. The number of aromatic nitrogens is 4. The Kier molecular flexibility index (Phi) is 5.03. The van der Waals surface area contributed by atoms with E-state index in [0.29, 0.717) is 28.7 Å². The molecular formula is C20H15FN8O2. The zero-order valence-corrected chi connectivity index (χ0v) is 16.1. The van der Waals surface area contributed by atoms with Crippen LogP contribution in [0.1, 0.15) is 5.69 Å². The molecule has 1 aromatic carbocycles. The zero-order valence-electron chi connectivity index (χ0n) is 16.1. The van der Waals surface area contributed by atoms with E-state index in [1.165, 1.54) is 29.9 Å². The van der Waals surface area contributed by atoms with E-state index in [0.717, 1.165) is 11.0 Å². The lowest BCUT2D eigenvalue weighted by Crippen LogP contribution is -2.24. The van der Waals surface area contributed by atoms with Gasteiger partial charge in [0.1, 0.15) is 17.7 Å². The van der Waals surface area contributed by atoms with E-state index in [9.17, 15) is 14.4 Å². The van der Waals surface area contributed by atoms with Gasteiger partial charge in [0, 0.05) is 25.0 Å². The lowest BCUT2D eigenvalue weighted by atomic mass is 10.2. The number of benzene rings is 1. The van der Waals surface area contributed by atoms with E-state index in [1.807, 2.05) is 12.1 Å². The number of pyridine rings is 1. The van der Waals surface area contributed by atoms with E-state index in [1.54, 1.807) is 24.4 Å². The number of amides is 1. The third kappa shape index (κ3) is 3.90. The highest BCUT2D eigenvalue weighted by Crippen LogP contribution is 2.28. The molecule has 0 unspecified atom stereocenters. The normalized spacial score (nSPS) is 10.5. The van der Waals surface area contributed by atoms with Crippen molar-refractivity contribution in [2.75, 3.05) is 22.6 Å². The molecule has 0 saturated heterocycles. The number of carbonyl (C=O) groups is 1. The maximum atomic E-state index is 14.1. The second-order valence-electron chi connectivity index (χ2n) is 6.41. The fraction of sp³-hybridized carbons (Fsp3) is 0.0500. The molecule has 0 radical (unpaired) electrons. The molecule has 154 valence electrons. The molecule has 4 rings (SSSR count). The number of carboxylic acid groups (broad SMARTS) is 1. The standard InChI is InChI=1S/C20H15FN8O2/c1-28(20(30)31)16-8-12(5-6-14(16)21)25-18-9-15(26-17-4-2-3-7-23-17)19-24-11-13(10-22)29(19)27-18/h2-9,11H,1H3,(H,23,26)(H,25,27)(H,30,31). The molecular weight excluding hydrogens is 403 g/mol. The SMILES string of the molecule is CN(C(=O)O)c1cc(Nc2cc(Nc3ccccn3)c3ncc(C#N)n3n2)ccc1F. The van der Waals surface area contributed by atoms with Crippen molar-refractivity contribution >= 4 is 40.4 Å². The van der Waals surface area contributed by atoms with E-state index in [-0.39, 0.29) is 11.4 Å². The summed E-state index contributed by atoms with van der Waals surface area (Å²) >= 11 is 0. The largest absolute Gasteiger partial charge is 0.465 e. The molecule has 10 nitrogen and oxygen atoms in total. The average Bonchev–Trinajstić information content (AvgIpc) is 3.18. The van der Waals surface area contributed by atoms with Crippen LogP contribution in [0, 0.1) is 17.1 Å². The van der Waals surface area contributed by atoms with Gasteiger partial charge in [-0.15, -0.1) is 5.10 Å². The fourth-order valence-electron chi connectivity index (χ4n) is 2.87. The summed E-state index contributed by atoms with van der Waals surface area (Å²) in [5.41, 5.74) is 1.44. The van der Waals surface area contributed by atoms with Crippen LogP contribution in [0.25, 0.3) is 5.65 Å². The van der Waals surface area contributed by atoms with Crippen molar-refractivity contribution in [1.29, 1.82) is 5.26 Å². The van der Waals surface area contributed by atoms with Crippen LogP contribution < -0.4 is 15.5 Å². The fourth-order valence-corrected chi connectivity index (χ4v) is 2.87. The van der Waals surface area contributed by atoms with Gasteiger partial charge in [-0.25, -0.2) is 19.2 Å². The summed E-state index contributed by atoms with van der Waals surface area (Å²) in [6.45, 7) is 0. The molecule has 4 aromatic rings. The molecule has 0 aliphatic heterocycles. The molecule has 0 bridgehead atoms. The average molecular weight is 418 g/mol. The van der Waals surface area contributed by atoms with E-state index in [2.05, 4.69) is 25.7 Å². The van der Waals surface area contributed by atoms with Crippen molar-refractivity contribution in [2.24, 2.45) is 0 Å². The number of hydrogen-bond acceptors (Lipinski definition) is 7. The van der Waals surface area contributed by atoms with Crippen LogP contribution in [-0.2, 0) is 0 Å². The quantitative estimate of drug-likeness (QED) is 0.447.